The second-order valence-electron chi connectivity index (χ2n) is 2.84. The average Bonchev–Trinajstić information content (AvgIpc) is 1.97. The van der Waals surface area contributed by atoms with Gasteiger partial charge in [0.2, 0.25) is 0 Å². The number of sulfone groups is 1. The number of phenolic OH excluding ortho intramolecular Hbond substituents is 1. The molecule has 0 saturated carbocycles. The predicted molar refractivity (Wildman–Crippen MR) is 58.7 cm³/mol. The zero-order valence-corrected chi connectivity index (χ0v) is 10.2. The molecule has 0 spiro atoms. The molecule has 0 aliphatic carbocycles. The topological polar surface area (TPSA) is 54.4 Å². The highest BCUT2D eigenvalue weighted by atomic mass is 127. The van der Waals surface area contributed by atoms with Crippen LogP contribution in [-0.2, 0) is 9.84 Å². The van der Waals surface area contributed by atoms with Gasteiger partial charge in [-0.05, 0) is 47.2 Å². The Morgan fingerprint density at radius 2 is 1.92 bits per heavy atom. The van der Waals surface area contributed by atoms with Crippen LogP contribution in [0.3, 0.4) is 0 Å². The van der Waals surface area contributed by atoms with E-state index in [0.717, 1.165) is 6.26 Å². The van der Waals surface area contributed by atoms with Crippen LogP contribution in [0.15, 0.2) is 17.0 Å². The second kappa shape index (κ2) is 3.45. The number of hydrogen-bond acceptors (Lipinski definition) is 3. The molecular weight excluding hydrogens is 303 g/mol. The first kappa shape index (κ1) is 10.8. The fourth-order valence-electron chi connectivity index (χ4n) is 0.919. The van der Waals surface area contributed by atoms with Gasteiger partial charge in [0.25, 0.3) is 0 Å². The molecule has 0 fully saturated rings. The summed E-state index contributed by atoms with van der Waals surface area (Å²) >= 11 is 1.90. The number of halogens is 1. The lowest BCUT2D eigenvalue weighted by atomic mass is 10.2. The maximum atomic E-state index is 11.2. The van der Waals surface area contributed by atoms with Crippen molar-refractivity contribution in [1.82, 2.24) is 0 Å². The summed E-state index contributed by atoms with van der Waals surface area (Å²) in [6.45, 7) is 1.67. The van der Waals surface area contributed by atoms with Crippen LogP contribution in [0.2, 0.25) is 0 Å². The summed E-state index contributed by atoms with van der Waals surface area (Å²) in [5.74, 6) is 0.146. The molecule has 0 aliphatic heterocycles. The van der Waals surface area contributed by atoms with Gasteiger partial charge < -0.3 is 5.11 Å². The molecule has 0 atom stereocenters. The molecule has 5 heteroatoms. The molecule has 0 unspecified atom stereocenters. The summed E-state index contributed by atoms with van der Waals surface area (Å²) in [5.41, 5.74) is 0.576. The highest BCUT2D eigenvalue weighted by Crippen LogP contribution is 2.27. The fraction of sp³-hybridized carbons (Fsp3) is 0.250. The van der Waals surface area contributed by atoms with Gasteiger partial charge in [-0.25, -0.2) is 8.42 Å². The van der Waals surface area contributed by atoms with Crippen LogP contribution in [0.4, 0.5) is 0 Å². The van der Waals surface area contributed by atoms with E-state index in [1.807, 2.05) is 22.6 Å². The smallest absolute Gasteiger partial charge is 0.175 e. The van der Waals surface area contributed by atoms with Crippen molar-refractivity contribution in [1.29, 1.82) is 0 Å². The summed E-state index contributed by atoms with van der Waals surface area (Å²) in [7, 11) is -3.18. The molecule has 1 aromatic carbocycles. The molecule has 3 nitrogen and oxygen atoms in total. The van der Waals surface area contributed by atoms with Crippen molar-refractivity contribution < 1.29 is 13.5 Å². The number of rotatable bonds is 1. The van der Waals surface area contributed by atoms with Crippen LogP contribution in [0, 0.1) is 10.5 Å². The van der Waals surface area contributed by atoms with Crippen molar-refractivity contribution >= 4 is 32.4 Å². The Morgan fingerprint density at radius 1 is 1.38 bits per heavy atom. The van der Waals surface area contributed by atoms with Crippen LogP contribution >= 0.6 is 22.6 Å². The molecule has 1 rings (SSSR count). The molecule has 72 valence electrons. The number of hydrogen-bond donors (Lipinski definition) is 1. The number of benzene rings is 1. The Hall–Kier alpha value is -0.300. The summed E-state index contributed by atoms with van der Waals surface area (Å²) in [5, 5.41) is 9.39. The second-order valence-corrected chi connectivity index (χ2v) is 6.02. The largest absolute Gasteiger partial charge is 0.507 e. The average molecular weight is 312 g/mol. The number of aryl methyl sites for hydroxylation is 1. The Morgan fingerprint density at radius 3 is 2.31 bits per heavy atom. The van der Waals surface area contributed by atoms with Gasteiger partial charge in [-0.2, -0.15) is 0 Å². The maximum Gasteiger partial charge on any atom is 0.175 e. The monoisotopic (exact) mass is 312 g/mol. The van der Waals surface area contributed by atoms with E-state index in [2.05, 4.69) is 0 Å². The summed E-state index contributed by atoms with van der Waals surface area (Å²) in [4.78, 5) is 0.243. The molecule has 0 aromatic heterocycles. The van der Waals surface area contributed by atoms with E-state index in [9.17, 15) is 13.5 Å². The number of aromatic hydroxyl groups is 1. The molecular formula is C8H9IO3S. The molecule has 0 radical (unpaired) electrons. The van der Waals surface area contributed by atoms with Crippen molar-refractivity contribution in [3.8, 4) is 5.75 Å². The lowest BCUT2D eigenvalue weighted by Gasteiger charge is -2.04. The molecule has 0 bridgehead atoms. The minimum absolute atomic E-state index is 0.146. The van der Waals surface area contributed by atoms with Gasteiger partial charge >= 0.3 is 0 Å². The van der Waals surface area contributed by atoms with Crippen LogP contribution in [-0.4, -0.2) is 19.8 Å². The Labute approximate surface area is 90.8 Å². The summed E-state index contributed by atoms with van der Waals surface area (Å²) < 4.78 is 22.9. The molecule has 1 aromatic rings. The van der Waals surface area contributed by atoms with E-state index in [1.54, 1.807) is 6.92 Å². The number of phenols is 1. The van der Waals surface area contributed by atoms with Gasteiger partial charge in [0.15, 0.2) is 9.84 Å². The van der Waals surface area contributed by atoms with Gasteiger partial charge in [-0.1, -0.05) is 0 Å². The Kier molecular flexibility index (Phi) is 2.86. The first-order chi connectivity index (χ1) is 5.82. The van der Waals surface area contributed by atoms with Gasteiger partial charge in [0, 0.05) is 6.26 Å². The third-order valence-electron chi connectivity index (χ3n) is 1.66. The van der Waals surface area contributed by atoms with Crippen LogP contribution in [0.25, 0.3) is 0 Å². The predicted octanol–water partition coefficient (Wildman–Crippen LogP) is 1.71. The first-order valence-electron chi connectivity index (χ1n) is 3.51. The standard InChI is InChI=1S/C8H9IO3S/c1-5-3-6(13(2,11)12)4-7(9)8(5)10/h3-4,10H,1-2H3. The summed E-state index contributed by atoms with van der Waals surface area (Å²) in [6, 6.07) is 2.92. The third kappa shape index (κ3) is 2.34. The van der Waals surface area contributed by atoms with Crippen molar-refractivity contribution in [2.75, 3.05) is 6.26 Å². The zero-order chi connectivity index (χ0) is 10.2. The molecule has 1 N–H and O–H groups in total. The lowest BCUT2D eigenvalue weighted by Crippen LogP contribution is -1.98. The normalized spacial score (nSPS) is 11.6. The van der Waals surface area contributed by atoms with Crippen molar-refractivity contribution in [2.45, 2.75) is 11.8 Å². The van der Waals surface area contributed by atoms with Crippen molar-refractivity contribution in [2.24, 2.45) is 0 Å². The van der Waals surface area contributed by atoms with Crippen molar-refractivity contribution in [3.05, 3.63) is 21.3 Å². The van der Waals surface area contributed by atoms with Crippen LogP contribution < -0.4 is 0 Å². The van der Waals surface area contributed by atoms with E-state index >= 15 is 0 Å². The first-order valence-corrected chi connectivity index (χ1v) is 6.48. The van der Waals surface area contributed by atoms with Gasteiger partial charge in [0.05, 0.1) is 8.47 Å². The fourth-order valence-corrected chi connectivity index (χ4v) is 2.61. The maximum absolute atomic E-state index is 11.2. The lowest BCUT2D eigenvalue weighted by molar-refractivity contribution is 0.466. The van der Waals surface area contributed by atoms with E-state index in [-0.39, 0.29) is 10.6 Å². The molecule has 0 saturated heterocycles. The van der Waals surface area contributed by atoms with Gasteiger partial charge in [0.1, 0.15) is 5.75 Å². The van der Waals surface area contributed by atoms with Crippen LogP contribution in [0.5, 0.6) is 5.75 Å². The molecule has 0 heterocycles. The quantitative estimate of drug-likeness (QED) is 0.803. The minimum atomic E-state index is -3.18. The molecule has 0 amide bonds. The van der Waals surface area contributed by atoms with Gasteiger partial charge in [-0.3, -0.25) is 0 Å². The van der Waals surface area contributed by atoms with Crippen LogP contribution in [0.1, 0.15) is 5.56 Å². The highest BCUT2D eigenvalue weighted by molar-refractivity contribution is 14.1. The molecule has 0 aliphatic rings. The van der Waals surface area contributed by atoms with E-state index in [4.69, 9.17) is 0 Å². The Balaban J connectivity index is 3.47. The summed E-state index contributed by atoms with van der Waals surface area (Å²) in [6.07, 6.45) is 1.15. The van der Waals surface area contributed by atoms with Gasteiger partial charge in [-0.15, -0.1) is 0 Å². The van der Waals surface area contributed by atoms with E-state index in [0.29, 0.717) is 9.13 Å². The van der Waals surface area contributed by atoms with Crippen molar-refractivity contribution in [3.63, 3.8) is 0 Å². The third-order valence-corrected chi connectivity index (χ3v) is 3.57. The Bertz CT molecular complexity index is 414. The molecule has 13 heavy (non-hydrogen) atoms. The zero-order valence-electron chi connectivity index (χ0n) is 7.20. The van der Waals surface area contributed by atoms with E-state index < -0.39 is 9.84 Å². The SMILES string of the molecule is Cc1cc(S(C)(=O)=O)cc(I)c1O. The minimum Gasteiger partial charge on any atom is -0.507 e. The highest BCUT2D eigenvalue weighted by Gasteiger charge is 2.11. The van der Waals surface area contributed by atoms with E-state index in [1.165, 1.54) is 12.1 Å².